The van der Waals surface area contributed by atoms with Crippen LogP contribution in [-0.2, 0) is 28.6 Å². The van der Waals surface area contributed by atoms with E-state index in [1.165, 1.54) is 167 Å². The number of carbonyl (C=O) groups is 3. The quantitative estimate of drug-likeness (QED) is 0.0345. The third kappa shape index (κ3) is 45.8. The first-order chi connectivity index (χ1) is 28.6. The van der Waals surface area contributed by atoms with Crippen LogP contribution < -0.4 is 0 Å². The second kappa shape index (κ2) is 44.5. The molecule has 0 N–H and O–H groups in total. The fourth-order valence-corrected chi connectivity index (χ4v) is 7.91. The number of unbranched alkanes of at least 4 members (excludes halogenated alkanes) is 28. The molecule has 0 aromatic carbocycles. The van der Waals surface area contributed by atoms with E-state index in [9.17, 15) is 14.4 Å². The van der Waals surface area contributed by atoms with E-state index in [4.69, 9.17) is 14.2 Å². The van der Waals surface area contributed by atoms with E-state index >= 15 is 0 Å². The van der Waals surface area contributed by atoms with Gasteiger partial charge in [-0.2, -0.15) is 0 Å². The van der Waals surface area contributed by atoms with E-state index in [1.54, 1.807) is 0 Å². The molecule has 6 nitrogen and oxygen atoms in total. The molecular formula is C53H102O6. The third-order valence-corrected chi connectivity index (χ3v) is 12.3. The molecule has 0 radical (unpaired) electrons. The normalized spacial score (nSPS) is 12.6. The van der Waals surface area contributed by atoms with Crippen LogP contribution in [0.3, 0.4) is 0 Å². The number of ether oxygens (including phenoxy) is 3. The molecule has 0 rings (SSSR count). The molecule has 0 saturated carbocycles. The van der Waals surface area contributed by atoms with Crippen LogP contribution in [-0.4, -0.2) is 37.2 Å². The average molecular weight is 835 g/mol. The molecule has 59 heavy (non-hydrogen) atoms. The summed E-state index contributed by atoms with van der Waals surface area (Å²) < 4.78 is 16.8. The van der Waals surface area contributed by atoms with Gasteiger partial charge in [-0.25, -0.2) is 0 Å². The average Bonchev–Trinajstić information content (AvgIpc) is 3.20. The zero-order valence-electron chi connectivity index (χ0n) is 40.5. The Kier molecular flexibility index (Phi) is 43.3. The molecule has 0 aliphatic carbocycles. The monoisotopic (exact) mass is 835 g/mol. The van der Waals surface area contributed by atoms with E-state index in [1.807, 2.05) is 0 Å². The summed E-state index contributed by atoms with van der Waals surface area (Å²) in [5.41, 5.74) is 0. The SMILES string of the molecule is CCC(C)CCCCCCCCCCC(=O)OC[C@H](COC(=O)CCCCCCCCCCCCCCCCC(C)C)OC(=O)CCCCCCCCCCCC(C)C. The molecule has 0 aromatic rings. The van der Waals surface area contributed by atoms with Gasteiger partial charge in [0.1, 0.15) is 13.2 Å². The van der Waals surface area contributed by atoms with Crippen molar-refractivity contribution in [1.29, 1.82) is 0 Å². The fourth-order valence-electron chi connectivity index (χ4n) is 7.91. The van der Waals surface area contributed by atoms with Crippen LogP contribution in [0.2, 0.25) is 0 Å². The van der Waals surface area contributed by atoms with Crippen molar-refractivity contribution in [2.75, 3.05) is 13.2 Å². The molecule has 6 heteroatoms. The smallest absolute Gasteiger partial charge is 0.306 e. The Morgan fingerprint density at radius 2 is 0.593 bits per heavy atom. The summed E-state index contributed by atoms with van der Waals surface area (Å²) in [6, 6.07) is 0. The van der Waals surface area contributed by atoms with Gasteiger partial charge in [-0.1, -0.05) is 247 Å². The summed E-state index contributed by atoms with van der Waals surface area (Å²) in [5, 5.41) is 0. The zero-order valence-corrected chi connectivity index (χ0v) is 40.5. The van der Waals surface area contributed by atoms with Crippen LogP contribution in [0.4, 0.5) is 0 Å². The van der Waals surface area contributed by atoms with Crippen LogP contribution in [0.1, 0.15) is 286 Å². The van der Waals surface area contributed by atoms with Crippen molar-refractivity contribution in [1.82, 2.24) is 0 Å². The highest BCUT2D eigenvalue weighted by Gasteiger charge is 2.19. The summed E-state index contributed by atoms with van der Waals surface area (Å²) in [6.07, 6.45) is 43.7. The fraction of sp³-hybridized carbons (Fsp3) is 0.943. The number of carbonyl (C=O) groups excluding carboxylic acids is 3. The first kappa shape index (κ1) is 57.4. The Labute approximate surface area is 368 Å². The van der Waals surface area contributed by atoms with Crippen molar-refractivity contribution in [3.63, 3.8) is 0 Å². The Balaban J connectivity index is 4.30. The van der Waals surface area contributed by atoms with Crippen molar-refractivity contribution in [3.05, 3.63) is 0 Å². The topological polar surface area (TPSA) is 78.9 Å². The second-order valence-electron chi connectivity index (χ2n) is 19.4. The minimum atomic E-state index is -0.763. The highest BCUT2D eigenvalue weighted by Crippen LogP contribution is 2.18. The number of hydrogen-bond acceptors (Lipinski definition) is 6. The highest BCUT2D eigenvalue weighted by molar-refractivity contribution is 5.71. The zero-order chi connectivity index (χ0) is 43.4. The van der Waals surface area contributed by atoms with Crippen molar-refractivity contribution < 1.29 is 28.6 Å². The minimum Gasteiger partial charge on any atom is -0.462 e. The summed E-state index contributed by atoms with van der Waals surface area (Å²) in [6.45, 7) is 13.7. The van der Waals surface area contributed by atoms with Gasteiger partial charge in [0, 0.05) is 19.3 Å². The lowest BCUT2D eigenvalue weighted by atomic mass is 9.99. The van der Waals surface area contributed by atoms with Crippen LogP contribution in [0.25, 0.3) is 0 Å². The Hall–Kier alpha value is -1.59. The molecule has 0 bridgehead atoms. The number of esters is 3. The molecule has 0 fully saturated rings. The van der Waals surface area contributed by atoms with Gasteiger partial charge in [0.25, 0.3) is 0 Å². The van der Waals surface area contributed by atoms with E-state index in [0.29, 0.717) is 19.3 Å². The maximum Gasteiger partial charge on any atom is 0.306 e. The lowest BCUT2D eigenvalue weighted by Gasteiger charge is -2.18. The molecular weight excluding hydrogens is 733 g/mol. The van der Waals surface area contributed by atoms with Crippen molar-refractivity contribution in [2.45, 2.75) is 292 Å². The highest BCUT2D eigenvalue weighted by atomic mass is 16.6. The summed E-state index contributed by atoms with van der Waals surface area (Å²) >= 11 is 0. The van der Waals surface area contributed by atoms with Crippen LogP contribution in [0, 0.1) is 17.8 Å². The molecule has 0 heterocycles. The van der Waals surface area contributed by atoms with E-state index < -0.39 is 6.10 Å². The van der Waals surface area contributed by atoms with Gasteiger partial charge < -0.3 is 14.2 Å². The maximum atomic E-state index is 12.8. The van der Waals surface area contributed by atoms with Gasteiger partial charge in [-0.05, 0) is 37.0 Å². The molecule has 0 aliphatic heterocycles. The van der Waals surface area contributed by atoms with Crippen molar-refractivity contribution in [2.24, 2.45) is 17.8 Å². The van der Waals surface area contributed by atoms with E-state index in [2.05, 4.69) is 41.5 Å². The van der Waals surface area contributed by atoms with Crippen LogP contribution in [0.5, 0.6) is 0 Å². The molecule has 0 aliphatic rings. The summed E-state index contributed by atoms with van der Waals surface area (Å²) in [7, 11) is 0. The molecule has 0 amide bonds. The van der Waals surface area contributed by atoms with Crippen molar-refractivity contribution >= 4 is 17.9 Å². The van der Waals surface area contributed by atoms with Gasteiger partial charge in [0.2, 0.25) is 0 Å². The van der Waals surface area contributed by atoms with E-state index in [-0.39, 0.29) is 31.1 Å². The Morgan fingerprint density at radius 1 is 0.339 bits per heavy atom. The Bertz CT molecular complexity index is 916. The predicted molar refractivity (Wildman–Crippen MR) is 252 cm³/mol. The van der Waals surface area contributed by atoms with Crippen LogP contribution >= 0.6 is 0 Å². The largest absolute Gasteiger partial charge is 0.462 e. The van der Waals surface area contributed by atoms with Gasteiger partial charge in [0.15, 0.2) is 6.10 Å². The van der Waals surface area contributed by atoms with E-state index in [0.717, 1.165) is 75.5 Å². The summed E-state index contributed by atoms with van der Waals surface area (Å²) in [5.74, 6) is 1.64. The minimum absolute atomic E-state index is 0.0650. The lowest BCUT2D eigenvalue weighted by molar-refractivity contribution is -0.167. The standard InChI is InChI=1S/C53H102O6/c1-7-49(6)41-35-29-23-19-20-25-31-37-43-52(55)58-46-50(59-53(56)44-38-32-26-18-14-16-22-28-34-40-48(4)5)45-57-51(54)42-36-30-24-17-13-11-9-8-10-12-15-21-27-33-39-47(2)3/h47-50H,7-46H2,1-6H3/t49?,50-/m0/s1. The molecule has 1 unspecified atom stereocenters. The molecule has 350 valence electrons. The lowest BCUT2D eigenvalue weighted by Crippen LogP contribution is -2.30. The molecule has 0 aromatic heterocycles. The third-order valence-electron chi connectivity index (χ3n) is 12.3. The van der Waals surface area contributed by atoms with Crippen LogP contribution in [0.15, 0.2) is 0 Å². The predicted octanol–water partition coefficient (Wildman–Crippen LogP) is 16.8. The first-order valence-corrected chi connectivity index (χ1v) is 26.1. The molecule has 0 saturated heterocycles. The Morgan fingerprint density at radius 3 is 0.881 bits per heavy atom. The first-order valence-electron chi connectivity index (χ1n) is 26.1. The van der Waals surface area contributed by atoms with Gasteiger partial charge >= 0.3 is 17.9 Å². The molecule has 0 spiro atoms. The number of hydrogen-bond donors (Lipinski definition) is 0. The van der Waals surface area contributed by atoms with Crippen molar-refractivity contribution in [3.8, 4) is 0 Å². The summed E-state index contributed by atoms with van der Waals surface area (Å²) in [4.78, 5) is 37.9. The second-order valence-corrected chi connectivity index (χ2v) is 19.4. The van der Waals surface area contributed by atoms with Gasteiger partial charge in [-0.3, -0.25) is 14.4 Å². The van der Waals surface area contributed by atoms with Gasteiger partial charge in [-0.15, -0.1) is 0 Å². The van der Waals surface area contributed by atoms with Gasteiger partial charge in [0.05, 0.1) is 0 Å². The number of rotatable bonds is 46. The maximum absolute atomic E-state index is 12.8. The molecule has 2 atom stereocenters.